The molecule has 0 aromatic rings. The number of ether oxygens (including phenoxy) is 1. The average Bonchev–Trinajstić information content (AvgIpc) is 2.13. The highest BCUT2D eigenvalue weighted by Crippen LogP contribution is 1.93. The van der Waals surface area contributed by atoms with Crippen molar-refractivity contribution in [2.24, 2.45) is 0 Å². The summed E-state index contributed by atoms with van der Waals surface area (Å²) in [5, 5.41) is 8.29. The van der Waals surface area contributed by atoms with E-state index in [0.717, 1.165) is 0 Å². The number of hydrogen-bond acceptors (Lipinski definition) is 3. The summed E-state index contributed by atoms with van der Waals surface area (Å²) in [6.45, 7) is 1.96. The minimum Gasteiger partial charge on any atom is -0.481 e. The molecule has 0 radical (unpaired) electrons. The van der Waals surface area contributed by atoms with Crippen LogP contribution in [-0.2, 0) is 14.3 Å². The van der Waals surface area contributed by atoms with Crippen molar-refractivity contribution in [2.75, 3.05) is 6.61 Å². The summed E-state index contributed by atoms with van der Waals surface area (Å²) in [5.41, 5.74) is 2.74. The first-order valence-electron chi connectivity index (χ1n) is 4.39. The summed E-state index contributed by atoms with van der Waals surface area (Å²) in [6.07, 6.45) is 3.82. The van der Waals surface area contributed by atoms with Gasteiger partial charge < -0.3 is 9.84 Å². The van der Waals surface area contributed by atoms with Gasteiger partial charge in [-0.3, -0.25) is 9.59 Å². The predicted molar refractivity (Wildman–Crippen MR) is 50.8 cm³/mol. The molecule has 0 aliphatic rings. The van der Waals surface area contributed by atoms with Gasteiger partial charge in [-0.15, -0.1) is 5.73 Å². The smallest absolute Gasteiger partial charge is 0.310 e. The first-order chi connectivity index (χ1) is 6.66. The van der Waals surface area contributed by atoms with Crippen molar-refractivity contribution in [3.05, 3.63) is 17.9 Å². The van der Waals surface area contributed by atoms with Gasteiger partial charge in [-0.1, -0.05) is 0 Å². The Labute approximate surface area is 82.9 Å². The van der Waals surface area contributed by atoms with E-state index in [0.29, 0.717) is 6.42 Å². The number of aliphatic carboxylic acids is 1. The van der Waals surface area contributed by atoms with Gasteiger partial charge in [0.05, 0.1) is 13.0 Å². The molecular weight excluding hydrogens is 184 g/mol. The number of esters is 1. The van der Waals surface area contributed by atoms with Gasteiger partial charge in [0, 0.05) is 6.42 Å². The number of rotatable bonds is 6. The third-order valence-electron chi connectivity index (χ3n) is 1.35. The molecule has 0 heterocycles. The lowest BCUT2D eigenvalue weighted by molar-refractivity contribution is -0.144. The molecule has 0 rings (SSSR count). The first-order valence-corrected chi connectivity index (χ1v) is 4.39. The van der Waals surface area contributed by atoms with Crippen LogP contribution in [0.5, 0.6) is 0 Å². The highest BCUT2D eigenvalue weighted by molar-refractivity contribution is 5.71. The van der Waals surface area contributed by atoms with Crippen LogP contribution >= 0.6 is 0 Å². The molecule has 0 spiro atoms. The number of carboxylic acids is 1. The third-order valence-corrected chi connectivity index (χ3v) is 1.35. The van der Waals surface area contributed by atoms with Gasteiger partial charge in [0.2, 0.25) is 0 Å². The zero-order valence-corrected chi connectivity index (χ0v) is 8.16. The van der Waals surface area contributed by atoms with Crippen LogP contribution in [0.1, 0.15) is 26.2 Å². The van der Waals surface area contributed by atoms with E-state index in [1.165, 1.54) is 0 Å². The summed E-state index contributed by atoms with van der Waals surface area (Å²) in [4.78, 5) is 21.0. The van der Waals surface area contributed by atoms with Crippen molar-refractivity contribution in [3.63, 3.8) is 0 Å². The van der Waals surface area contributed by atoms with E-state index in [4.69, 9.17) is 9.84 Å². The topological polar surface area (TPSA) is 63.6 Å². The highest BCUT2D eigenvalue weighted by atomic mass is 16.5. The first kappa shape index (κ1) is 12.5. The van der Waals surface area contributed by atoms with Crippen LogP contribution in [0.2, 0.25) is 0 Å². The number of carboxylic acid groups (broad SMARTS) is 1. The van der Waals surface area contributed by atoms with Crippen molar-refractivity contribution in [1.29, 1.82) is 0 Å². The molecule has 0 aromatic heterocycles. The quantitative estimate of drug-likeness (QED) is 0.399. The summed E-state index contributed by atoms with van der Waals surface area (Å²) in [7, 11) is 0. The fraction of sp³-hybridized carbons (Fsp3) is 0.500. The molecule has 0 saturated carbocycles. The summed E-state index contributed by atoms with van der Waals surface area (Å²) in [6, 6.07) is 0. The lowest BCUT2D eigenvalue weighted by Gasteiger charge is -2.00. The maximum atomic E-state index is 10.9. The molecule has 0 saturated heterocycles. The van der Waals surface area contributed by atoms with E-state index in [9.17, 15) is 9.59 Å². The number of hydrogen-bond donors (Lipinski definition) is 1. The summed E-state index contributed by atoms with van der Waals surface area (Å²) in [5.74, 6) is -1.24. The lowest BCUT2D eigenvalue weighted by Crippen LogP contribution is -2.06. The van der Waals surface area contributed by atoms with E-state index < -0.39 is 5.97 Å². The standard InChI is InChI=1S/C10H14O4/c1-2-3-4-7-10(13)14-8-5-6-9(11)12/h2,4H,5-8H2,1H3,(H,11,12). The predicted octanol–water partition coefficient (Wildman–Crippen LogP) is 1.52. The van der Waals surface area contributed by atoms with Crippen molar-refractivity contribution in [1.82, 2.24) is 0 Å². The molecular formula is C10H14O4. The van der Waals surface area contributed by atoms with Crippen LogP contribution in [0.25, 0.3) is 0 Å². The van der Waals surface area contributed by atoms with E-state index in [2.05, 4.69) is 5.73 Å². The van der Waals surface area contributed by atoms with Gasteiger partial charge in [0.25, 0.3) is 0 Å². The Morgan fingerprint density at radius 3 is 2.79 bits per heavy atom. The van der Waals surface area contributed by atoms with Gasteiger partial charge in [-0.25, -0.2) is 0 Å². The van der Waals surface area contributed by atoms with Gasteiger partial charge in [0.15, 0.2) is 0 Å². The molecule has 0 atom stereocenters. The molecule has 0 aromatic carbocycles. The molecule has 0 aliphatic carbocycles. The van der Waals surface area contributed by atoms with Gasteiger partial charge in [-0.05, 0) is 25.5 Å². The third kappa shape index (κ3) is 8.56. The van der Waals surface area contributed by atoms with E-state index in [1.54, 1.807) is 19.1 Å². The van der Waals surface area contributed by atoms with Gasteiger partial charge >= 0.3 is 11.9 Å². The largest absolute Gasteiger partial charge is 0.481 e. The zero-order chi connectivity index (χ0) is 10.8. The molecule has 14 heavy (non-hydrogen) atoms. The molecule has 0 fully saturated rings. The normalized spacial score (nSPS) is 8.64. The Kier molecular flexibility index (Phi) is 7.19. The molecule has 4 heteroatoms. The number of carbonyl (C=O) groups excluding carboxylic acids is 1. The minimum atomic E-state index is -0.880. The monoisotopic (exact) mass is 198 g/mol. The van der Waals surface area contributed by atoms with Crippen LogP contribution in [0, 0.1) is 0 Å². The van der Waals surface area contributed by atoms with Crippen molar-refractivity contribution in [3.8, 4) is 0 Å². The second kappa shape index (κ2) is 8.08. The molecule has 78 valence electrons. The molecule has 0 bridgehead atoms. The Morgan fingerprint density at radius 2 is 2.21 bits per heavy atom. The Morgan fingerprint density at radius 1 is 1.50 bits per heavy atom. The van der Waals surface area contributed by atoms with E-state index in [1.807, 2.05) is 0 Å². The highest BCUT2D eigenvalue weighted by Gasteiger charge is 2.00. The van der Waals surface area contributed by atoms with Crippen molar-refractivity contribution < 1.29 is 19.4 Å². The van der Waals surface area contributed by atoms with Gasteiger partial charge in [-0.2, -0.15) is 0 Å². The fourth-order valence-electron chi connectivity index (χ4n) is 0.728. The maximum Gasteiger partial charge on any atom is 0.310 e. The van der Waals surface area contributed by atoms with Crippen LogP contribution in [-0.4, -0.2) is 23.7 Å². The van der Waals surface area contributed by atoms with Crippen LogP contribution in [0.15, 0.2) is 17.9 Å². The van der Waals surface area contributed by atoms with Crippen molar-refractivity contribution in [2.45, 2.75) is 26.2 Å². The second-order valence-corrected chi connectivity index (χ2v) is 2.58. The second-order valence-electron chi connectivity index (χ2n) is 2.58. The Bertz CT molecular complexity index is 249. The van der Waals surface area contributed by atoms with Crippen LogP contribution in [0.4, 0.5) is 0 Å². The van der Waals surface area contributed by atoms with Crippen LogP contribution in [0.3, 0.4) is 0 Å². The summed E-state index contributed by atoms with van der Waals surface area (Å²) < 4.78 is 4.75. The van der Waals surface area contributed by atoms with Gasteiger partial charge in [0.1, 0.15) is 0 Å². The average molecular weight is 198 g/mol. The Hall–Kier alpha value is -1.54. The van der Waals surface area contributed by atoms with E-state index >= 15 is 0 Å². The molecule has 0 aliphatic heterocycles. The fourth-order valence-corrected chi connectivity index (χ4v) is 0.728. The molecule has 0 unspecified atom stereocenters. The molecule has 1 N–H and O–H groups in total. The van der Waals surface area contributed by atoms with Crippen LogP contribution < -0.4 is 0 Å². The van der Waals surface area contributed by atoms with Crippen molar-refractivity contribution >= 4 is 11.9 Å². The number of carbonyl (C=O) groups is 2. The van der Waals surface area contributed by atoms with E-state index in [-0.39, 0.29) is 25.4 Å². The minimum absolute atomic E-state index is 0.0258. The maximum absolute atomic E-state index is 10.9. The Balaban J connectivity index is 3.45. The zero-order valence-electron chi connectivity index (χ0n) is 8.16. The summed E-state index contributed by atoms with van der Waals surface area (Å²) >= 11 is 0. The SMILES string of the molecule is CC=C=CCC(=O)OCCCC(=O)O. The molecule has 0 amide bonds. The lowest BCUT2D eigenvalue weighted by atomic mass is 10.3. The molecule has 4 nitrogen and oxygen atoms in total.